The number of benzene rings is 2. The molecule has 0 heterocycles. The van der Waals surface area contributed by atoms with Crippen LogP contribution in [-0.2, 0) is 18.3 Å². The first-order chi connectivity index (χ1) is 9.09. The molecule has 1 heteroatoms. The number of hydrogen-bond donors (Lipinski definition) is 0. The Hall–Kier alpha value is -1.27. The minimum atomic E-state index is 0.104. The first-order valence-corrected chi connectivity index (χ1v) is 7.42. The molecule has 0 aromatic heterocycles. The molecular weight excluding hydrogens is 252 g/mol. The third-order valence-electron chi connectivity index (χ3n) is 4.88. The van der Waals surface area contributed by atoms with E-state index in [9.17, 15) is 0 Å². The maximum absolute atomic E-state index is 6.23. The van der Waals surface area contributed by atoms with Crippen LogP contribution in [0.5, 0.6) is 0 Å². The lowest BCUT2D eigenvalue weighted by Gasteiger charge is -2.21. The van der Waals surface area contributed by atoms with E-state index in [0.29, 0.717) is 0 Å². The van der Waals surface area contributed by atoms with Crippen molar-refractivity contribution in [1.82, 2.24) is 0 Å². The van der Waals surface area contributed by atoms with Crippen LogP contribution in [0, 0.1) is 0 Å². The number of halogens is 1. The molecule has 0 saturated heterocycles. The van der Waals surface area contributed by atoms with Crippen molar-refractivity contribution in [2.75, 3.05) is 0 Å². The molecule has 2 aromatic rings. The van der Waals surface area contributed by atoms with Gasteiger partial charge in [-0.1, -0.05) is 43.6 Å². The van der Waals surface area contributed by atoms with Crippen molar-refractivity contribution in [2.24, 2.45) is 0 Å². The fourth-order valence-corrected chi connectivity index (χ4v) is 4.08. The summed E-state index contributed by atoms with van der Waals surface area (Å²) < 4.78 is 0. The lowest BCUT2D eigenvalue weighted by atomic mass is 9.82. The highest BCUT2D eigenvalue weighted by molar-refractivity contribution is 6.31. The molecule has 0 fully saturated rings. The van der Waals surface area contributed by atoms with Gasteiger partial charge in [-0.05, 0) is 64.8 Å². The highest BCUT2D eigenvalue weighted by atomic mass is 35.5. The Balaban J connectivity index is 2.12. The van der Waals surface area contributed by atoms with Crippen LogP contribution in [0.3, 0.4) is 0 Å². The summed E-state index contributed by atoms with van der Waals surface area (Å²) in [6, 6.07) is 11.1. The molecule has 2 aliphatic rings. The molecule has 0 amide bonds. The first-order valence-electron chi connectivity index (χ1n) is 7.04. The van der Waals surface area contributed by atoms with Crippen molar-refractivity contribution in [2.45, 2.75) is 38.5 Å². The van der Waals surface area contributed by atoms with E-state index in [4.69, 9.17) is 11.6 Å². The lowest BCUT2D eigenvalue weighted by Crippen LogP contribution is -2.15. The van der Waals surface area contributed by atoms with Crippen LogP contribution in [0.25, 0.3) is 11.1 Å². The minimum absolute atomic E-state index is 0.104. The standard InChI is InChI=1S/C18H17Cl/c1-18(2)15-9-7-12(19)10-14(15)17-13-5-3-4-11(13)6-8-16(17)18/h6-10H,3-5H2,1-2H3. The molecule has 2 aliphatic carbocycles. The Kier molecular flexibility index (Phi) is 2.21. The van der Waals surface area contributed by atoms with Crippen molar-refractivity contribution >= 4 is 11.6 Å². The fourth-order valence-electron chi connectivity index (χ4n) is 3.91. The largest absolute Gasteiger partial charge is 0.0843 e. The van der Waals surface area contributed by atoms with E-state index in [1.54, 1.807) is 11.1 Å². The fraction of sp³-hybridized carbons (Fsp3) is 0.333. The van der Waals surface area contributed by atoms with Gasteiger partial charge in [-0.15, -0.1) is 0 Å². The normalized spacial score (nSPS) is 18.1. The zero-order valence-electron chi connectivity index (χ0n) is 11.4. The van der Waals surface area contributed by atoms with E-state index >= 15 is 0 Å². The second kappa shape index (κ2) is 3.64. The molecule has 0 bridgehead atoms. The molecule has 96 valence electrons. The topological polar surface area (TPSA) is 0 Å². The third-order valence-corrected chi connectivity index (χ3v) is 5.12. The van der Waals surface area contributed by atoms with E-state index in [1.807, 2.05) is 6.07 Å². The van der Waals surface area contributed by atoms with Crippen LogP contribution >= 0.6 is 11.6 Å². The second-order valence-corrected chi connectivity index (χ2v) is 6.73. The van der Waals surface area contributed by atoms with Gasteiger partial charge in [0.25, 0.3) is 0 Å². The second-order valence-electron chi connectivity index (χ2n) is 6.29. The van der Waals surface area contributed by atoms with Gasteiger partial charge in [-0.25, -0.2) is 0 Å². The molecule has 2 aromatic carbocycles. The summed E-state index contributed by atoms with van der Waals surface area (Å²) in [6.07, 6.45) is 3.75. The van der Waals surface area contributed by atoms with Crippen LogP contribution < -0.4 is 0 Å². The van der Waals surface area contributed by atoms with E-state index in [0.717, 1.165) is 5.02 Å². The van der Waals surface area contributed by atoms with Crippen LogP contribution in [0.15, 0.2) is 30.3 Å². The maximum Gasteiger partial charge on any atom is 0.0412 e. The molecule has 0 radical (unpaired) electrons. The van der Waals surface area contributed by atoms with Gasteiger partial charge in [0.15, 0.2) is 0 Å². The van der Waals surface area contributed by atoms with Gasteiger partial charge in [-0.2, -0.15) is 0 Å². The van der Waals surface area contributed by atoms with Crippen molar-refractivity contribution in [3.05, 3.63) is 57.6 Å². The smallest absolute Gasteiger partial charge is 0.0412 e. The van der Waals surface area contributed by atoms with E-state index in [2.05, 4.69) is 38.1 Å². The van der Waals surface area contributed by atoms with Crippen LogP contribution in [-0.4, -0.2) is 0 Å². The van der Waals surface area contributed by atoms with Crippen molar-refractivity contribution < 1.29 is 0 Å². The molecule has 4 rings (SSSR count). The van der Waals surface area contributed by atoms with Crippen LogP contribution in [0.2, 0.25) is 5.02 Å². The van der Waals surface area contributed by atoms with Gasteiger partial charge in [0.2, 0.25) is 0 Å². The SMILES string of the molecule is CC1(C)c2ccc(Cl)cc2-c2c1ccc1c2CCC1. The molecule has 19 heavy (non-hydrogen) atoms. The molecule has 0 saturated carbocycles. The quantitative estimate of drug-likeness (QED) is 0.621. The summed E-state index contributed by atoms with van der Waals surface area (Å²) in [5, 5.41) is 0.845. The summed E-state index contributed by atoms with van der Waals surface area (Å²) in [5.74, 6) is 0. The predicted molar refractivity (Wildman–Crippen MR) is 81.0 cm³/mol. The average Bonchev–Trinajstić information content (AvgIpc) is 2.91. The Morgan fingerprint density at radius 1 is 1.00 bits per heavy atom. The van der Waals surface area contributed by atoms with Crippen LogP contribution in [0.4, 0.5) is 0 Å². The summed E-state index contributed by atoms with van der Waals surface area (Å²) in [7, 11) is 0. The lowest BCUT2D eigenvalue weighted by molar-refractivity contribution is 0.660. The Morgan fingerprint density at radius 2 is 1.79 bits per heavy atom. The summed E-state index contributed by atoms with van der Waals surface area (Å²) >= 11 is 6.23. The number of hydrogen-bond acceptors (Lipinski definition) is 0. The molecule has 0 nitrogen and oxygen atoms in total. The number of aryl methyl sites for hydroxylation is 1. The van der Waals surface area contributed by atoms with Crippen molar-refractivity contribution in [3.8, 4) is 11.1 Å². The Labute approximate surface area is 119 Å². The highest BCUT2D eigenvalue weighted by Crippen LogP contribution is 2.52. The van der Waals surface area contributed by atoms with Gasteiger partial charge in [0, 0.05) is 10.4 Å². The van der Waals surface area contributed by atoms with Crippen molar-refractivity contribution in [3.63, 3.8) is 0 Å². The minimum Gasteiger partial charge on any atom is -0.0843 e. The summed E-state index contributed by atoms with van der Waals surface area (Å²) in [4.78, 5) is 0. The first kappa shape index (κ1) is 11.5. The molecular formula is C18H17Cl. The highest BCUT2D eigenvalue weighted by Gasteiger charge is 2.37. The van der Waals surface area contributed by atoms with Gasteiger partial charge in [0.05, 0.1) is 0 Å². The third kappa shape index (κ3) is 1.41. The summed E-state index contributed by atoms with van der Waals surface area (Å²) in [6.45, 7) is 4.65. The Morgan fingerprint density at radius 3 is 2.63 bits per heavy atom. The maximum atomic E-state index is 6.23. The van der Waals surface area contributed by atoms with E-state index in [-0.39, 0.29) is 5.41 Å². The Bertz CT molecular complexity index is 695. The molecule has 0 N–H and O–H groups in total. The van der Waals surface area contributed by atoms with Crippen molar-refractivity contribution in [1.29, 1.82) is 0 Å². The van der Waals surface area contributed by atoms with E-state index in [1.165, 1.54) is 41.5 Å². The number of fused-ring (bicyclic) bond motifs is 5. The monoisotopic (exact) mass is 268 g/mol. The summed E-state index contributed by atoms with van der Waals surface area (Å²) in [5.41, 5.74) is 8.97. The predicted octanol–water partition coefficient (Wildman–Crippen LogP) is 5.14. The zero-order chi connectivity index (χ0) is 13.2. The number of rotatable bonds is 0. The van der Waals surface area contributed by atoms with Gasteiger partial charge in [0.1, 0.15) is 0 Å². The van der Waals surface area contributed by atoms with Crippen LogP contribution in [0.1, 0.15) is 42.5 Å². The zero-order valence-corrected chi connectivity index (χ0v) is 12.1. The van der Waals surface area contributed by atoms with E-state index < -0.39 is 0 Å². The van der Waals surface area contributed by atoms with Gasteiger partial charge in [-0.3, -0.25) is 0 Å². The molecule has 0 spiro atoms. The average molecular weight is 269 g/mol. The molecule has 0 aliphatic heterocycles. The molecule has 0 unspecified atom stereocenters. The molecule has 0 atom stereocenters. The van der Waals surface area contributed by atoms with Gasteiger partial charge >= 0.3 is 0 Å². The van der Waals surface area contributed by atoms with Gasteiger partial charge < -0.3 is 0 Å².